The van der Waals surface area contributed by atoms with Crippen molar-refractivity contribution >= 4 is 23.2 Å². The number of hydrogen-bond donors (Lipinski definition) is 2. The maximum absolute atomic E-state index is 13.4. The van der Waals surface area contributed by atoms with Gasteiger partial charge in [0.2, 0.25) is 5.91 Å². The number of rotatable bonds is 8. The number of oxime groups is 1. The number of aliphatic hydroxyl groups excluding tert-OH is 1. The number of nitro benzene ring substituents is 1. The Balaban J connectivity index is 1.45. The van der Waals surface area contributed by atoms with Crippen molar-refractivity contribution < 1.29 is 24.5 Å². The summed E-state index contributed by atoms with van der Waals surface area (Å²) in [5.41, 5.74) is 3.30. The van der Waals surface area contributed by atoms with Crippen LogP contribution in [0.15, 0.2) is 84.0 Å². The molecule has 1 aliphatic rings. The zero-order valence-electron chi connectivity index (χ0n) is 20.1. The van der Waals surface area contributed by atoms with Crippen LogP contribution in [-0.4, -0.2) is 58.7 Å². The summed E-state index contributed by atoms with van der Waals surface area (Å²) in [6.07, 6.45) is -0.880. The topological polar surface area (TPSA) is 134 Å². The Hall–Kier alpha value is -4.57. The molecule has 1 aliphatic heterocycles. The minimum Gasteiger partial charge on any atom is -0.399 e. The Morgan fingerprint density at radius 1 is 1.08 bits per heavy atom. The third-order valence-electron chi connectivity index (χ3n) is 6.14. The van der Waals surface area contributed by atoms with Gasteiger partial charge in [-0.3, -0.25) is 19.7 Å². The van der Waals surface area contributed by atoms with Crippen LogP contribution in [-0.2, 0) is 9.63 Å². The number of aliphatic hydroxyl groups is 1. The molecule has 0 spiro atoms. The molecular formula is C27H26N4O6. The van der Waals surface area contributed by atoms with E-state index in [0.29, 0.717) is 16.8 Å². The molecule has 3 aromatic rings. The monoisotopic (exact) mass is 502 g/mol. The zero-order valence-corrected chi connectivity index (χ0v) is 20.1. The second-order valence-corrected chi connectivity index (χ2v) is 8.55. The molecule has 2 N–H and O–H groups in total. The fourth-order valence-corrected chi connectivity index (χ4v) is 4.20. The van der Waals surface area contributed by atoms with Gasteiger partial charge in [0.15, 0.2) is 0 Å². The van der Waals surface area contributed by atoms with E-state index in [1.165, 1.54) is 36.3 Å². The van der Waals surface area contributed by atoms with E-state index in [-0.39, 0.29) is 31.1 Å². The molecule has 0 aliphatic carbocycles. The molecule has 10 heteroatoms. The number of carbonyl (C=O) groups is 2. The van der Waals surface area contributed by atoms with E-state index < -0.39 is 23.0 Å². The van der Waals surface area contributed by atoms with Crippen molar-refractivity contribution in [3.63, 3.8) is 0 Å². The lowest BCUT2D eigenvalue weighted by molar-refractivity contribution is -0.384. The van der Waals surface area contributed by atoms with Gasteiger partial charge in [0, 0.05) is 30.7 Å². The SMILES string of the molecule is CO/N=C1/C[C@@H](C(=O)NCC(O)c2ccc([N+](=O)[O-])cc2)N(C(=O)c2ccc(-c3ccccc3)cc2)C1. The average molecular weight is 503 g/mol. The van der Waals surface area contributed by atoms with Crippen molar-refractivity contribution in [1.82, 2.24) is 10.2 Å². The van der Waals surface area contributed by atoms with E-state index in [4.69, 9.17) is 4.84 Å². The van der Waals surface area contributed by atoms with Crippen molar-refractivity contribution in [3.8, 4) is 11.1 Å². The van der Waals surface area contributed by atoms with E-state index >= 15 is 0 Å². The van der Waals surface area contributed by atoms with Gasteiger partial charge in [-0.05, 0) is 41.0 Å². The van der Waals surface area contributed by atoms with Gasteiger partial charge in [0.1, 0.15) is 13.2 Å². The number of likely N-dealkylation sites (tertiary alicyclic amines) is 1. The van der Waals surface area contributed by atoms with E-state index in [2.05, 4.69) is 10.5 Å². The van der Waals surface area contributed by atoms with Crippen LogP contribution in [0.4, 0.5) is 5.69 Å². The summed E-state index contributed by atoms with van der Waals surface area (Å²) in [5, 5.41) is 27.9. The molecule has 1 fully saturated rings. The average Bonchev–Trinajstić information content (AvgIpc) is 3.36. The highest BCUT2D eigenvalue weighted by Crippen LogP contribution is 2.23. The molecule has 1 unspecified atom stereocenters. The van der Waals surface area contributed by atoms with Gasteiger partial charge < -0.3 is 20.2 Å². The summed E-state index contributed by atoms with van der Waals surface area (Å²) in [4.78, 5) is 43.0. The summed E-state index contributed by atoms with van der Waals surface area (Å²) >= 11 is 0. The van der Waals surface area contributed by atoms with Crippen molar-refractivity contribution in [2.75, 3.05) is 20.2 Å². The molecule has 2 atom stereocenters. The molecule has 0 bridgehead atoms. The van der Waals surface area contributed by atoms with Crippen LogP contribution in [0.25, 0.3) is 11.1 Å². The van der Waals surface area contributed by atoms with Crippen LogP contribution < -0.4 is 5.32 Å². The molecule has 190 valence electrons. The molecule has 3 aromatic carbocycles. The Morgan fingerprint density at radius 2 is 1.73 bits per heavy atom. The molecule has 37 heavy (non-hydrogen) atoms. The van der Waals surface area contributed by atoms with Crippen molar-refractivity contribution in [1.29, 1.82) is 0 Å². The number of hydrogen-bond acceptors (Lipinski definition) is 7. The van der Waals surface area contributed by atoms with Crippen molar-refractivity contribution in [2.45, 2.75) is 18.6 Å². The van der Waals surface area contributed by atoms with Gasteiger partial charge in [-0.15, -0.1) is 0 Å². The number of nitrogens with one attached hydrogen (secondary N) is 1. The Morgan fingerprint density at radius 3 is 2.35 bits per heavy atom. The van der Waals surface area contributed by atoms with E-state index in [9.17, 15) is 24.8 Å². The fraction of sp³-hybridized carbons (Fsp3) is 0.222. The quantitative estimate of drug-likeness (QED) is 0.358. The van der Waals surface area contributed by atoms with Gasteiger partial charge in [-0.25, -0.2) is 0 Å². The summed E-state index contributed by atoms with van der Waals surface area (Å²) in [6.45, 7) is 0.00774. The predicted molar refractivity (Wildman–Crippen MR) is 137 cm³/mol. The third kappa shape index (κ3) is 5.99. The Kier molecular flexibility index (Phi) is 7.89. The third-order valence-corrected chi connectivity index (χ3v) is 6.14. The maximum atomic E-state index is 13.4. The number of nitrogens with zero attached hydrogens (tertiary/aromatic N) is 3. The second-order valence-electron chi connectivity index (χ2n) is 8.55. The summed E-state index contributed by atoms with van der Waals surface area (Å²) in [6, 6.07) is 21.6. The number of amides is 2. The minimum atomic E-state index is -1.08. The standard InChI is InChI=1S/C27H26N4O6/c1-37-29-22-15-24(26(33)28-16-25(32)20-11-13-23(14-12-20)31(35)36)30(17-22)27(34)21-9-7-19(8-10-21)18-5-3-2-4-6-18/h2-14,24-25,32H,15-17H2,1H3,(H,28,33)/b29-22-/t24-,25?/m0/s1. The first kappa shape index (κ1) is 25.5. The van der Waals surface area contributed by atoms with E-state index in [0.717, 1.165) is 11.1 Å². The second kappa shape index (κ2) is 11.4. The highest BCUT2D eigenvalue weighted by atomic mass is 16.6. The molecule has 0 aromatic heterocycles. The first-order valence-electron chi connectivity index (χ1n) is 11.6. The molecule has 2 amide bonds. The molecule has 4 rings (SSSR count). The van der Waals surface area contributed by atoms with Crippen LogP contribution in [0, 0.1) is 10.1 Å². The number of carbonyl (C=O) groups excluding carboxylic acids is 2. The van der Waals surface area contributed by atoms with Crippen LogP contribution in [0.2, 0.25) is 0 Å². The molecule has 0 saturated carbocycles. The van der Waals surface area contributed by atoms with Gasteiger partial charge in [0.05, 0.1) is 23.3 Å². The first-order chi connectivity index (χ1) is 17.9. The van der Waals surface area contributed by atoms with Gasteiger partial charge >= 0.3 is 0 Å². The maximum Gasteiger partial charge on any atom is 0.269 e. The largest absolute Gasteiger partial charge is 0.399 e. The summed E-state index contributed by atoms with van der Waals surface area (Å²) in [7, 11) is 1.40. The van der Waals surface area contributed by atoms with Crippen LogP contribution >= 0.6 is 0 Å². The Labute approximate surface area is 213 Å². The lowest BCUT2D eigenvalue weighted by Gasteiger charge is -2.24. The molecule has 1 saturated heterocycles. The normalized spacial score (nSPS) is 16.9. The van der Waals surface area contributed by atoms with Crippen LogP contribution in [0.1, 0.15) is 28.4 Å². The minimum absolute atomic E-state index is 0.0955. The number of benzene rings is 3. The Bertz CT molecular complexity index is 1290. The predicted octanol–water partition coefficient (Wildman–Crippen LogP) is 3.33. The van der Waals surface area contributed by atoms with E-state index in [1.807, 2.05) is 42.5 Å². The van der Waals surface area contributed by atoms with Crippen molar-refractivity contribution in [2.24, 2.45) is 5.16 Å². The molecule has 10 nitrogen and oxygen atoms in total. The summed E-state index contributed by atoms with van der Waals surface area (Å²) < 4.78 is 0. The van der Waals surface area contributed by atoms with E-state index in [1.54, 1.807) is 12.1 Å². The zero-order chi connectivity index (χ0) is 26.4. The van der Waals surface area contributed by atoms with Crippen LogP contribution in [0.3, 0.4) is 0 Å². The lowest BCUT2D eigenvalue weighted by Crippen LogP contribution is -2.46. The first-order valence-corrected chi connectivity index (χ1v) is 11.6. The molecule has 1 heterocycles. The lowest BCUT2D eigenvalue weighted by atomic mass is 10.0. The number of non-ortho nitro benzene ring substituents is 1. The fourth-order valence-electron chi connectivity index (χ4n) is 4.20. The van der Waals surface area contributed by atoms with Gasteiger partial charge in [-0.2, -0.15) is 0 Å². The van der Waals surface area contributed by atoms with Crippen LogP contribution in [0.5, 0.6) is 0 Å². The number of nitro groups is 1. The highest BCUT2D eigenvalue weighted by Gasteiger charge is 2.38. The van der Waals surface area contributed by atoms with Gasteiger partial charge in [-0.1, -0.05) is 47.6 Å². The van der Waals surface area contributed by atoms with Gasteiger partial charge in [0.25, 0.3) is 11.6 Å². The van der Waals surface area contributed by atoms with Crippen molar-refractivity contribution in [3.05, 3.63) is 100 Å². The summed E-state index contributed by atoms with van der Waals surface area (Å²) in [5.74, 6) is -0.770. The molecular weight excluding hydrogens is 476 g/mol. The molecule has 0 radical (unpaired) electrons. The smallest absolute Gasteiger partial charge is 0.269 e. The highest BCUT2D eigenvalue weighted by molar-refractivity contribution is 6.05.